The average molecular weight is 206 g/mol. The van der Waals surface area contributed by atoms with Crippen LogP contribution in [0.3, 0.4) is 0 Å². The topological polar surface area (TPSA) is 26.3 Å². The molecule has 0 amide bonds. The van der Waals surface area contributed by atoms with Gasteiger partial charge in [0, 0.05) is 6.42 Å². The van der Waals surface area contributed by atoms with Gasteiger partial charge < -0.3 is 4.74 Å². The predicted molar refractivity (Wildman–Crippen MR) is 57.4 cm³/mol. The number of fused-ring (bicyclic) bond motifs is 1. The van der Waals surface area contributed by atoms with Crippen LogP contribution in [-0.2, 0) is 9.53 Å². The normalized spacial score (nSPS) is 50.9. The fourth-order valence-electron chi connectivity index (χ4n) is 3.71. The highest BCUT2D eigenvalue weighted by atomic mass is 16.5. The molecule has 2 bridgehead atoms. The Morgan fingerprint density at radius 3 is 2.87 bits per heavy atom. The molecule has 82 valence electrons. The fraction of sp³-hybridized carbons (Fsp3) is 0.769. The predicted octanol–water partition coefficient (Wildman–Crippen LogP) is 2.34. The number of carbonyl (C=O) groups is 1. The lowest BCUT2D eigenvalue weighted by Gasteiger charge is -2.48. The SMILES string of the molecule is C[C@@H]1[C@@H]2C=C[C@@]3(O2)[C@H]1C(=O)CCC3(C)C. The number of Topliss-reactive ketones (excluding diaryl/α,β-unsaturated/α-hetero) is 1. The van der Waals surface area contributed by atoms with E-state index < -0.39 is 0 Å². The van der Waals surface area contributed by atoms with Gasteiger partial charge in [-0.3, -0.25) is 4.79 Å². The minimum absolute atomic E-state index is 0.0988. The smallest absolute Gasteiger partial charge is 0.139 e. The van der Waals surface area contributed by atoms with Gasteiger partial charge in [0.05, 0.1) is 12.0 Å². The summed E-state index contributed by atoms with van der Waals surface area (Å²) in [4.78, 5) is 12.0. The maximum atomic E-state index is 12.0. The Hall–Kier alpha value is -0.630. The van der Waals surface area contributed by atoms with Crippen molar-refractivity contribution in [2.24, 2.45) is 17.3 Å². The lowest BCUT2D eigenvalue weighted by molar-refractivity contribution is -0.144. The maximum absolute atomic E-state index is 12.0. The summed E-state index contributed by atoms with van der Waals surface area (Å²) in [5.41, 5.74) is -0.187. The van der Waals surface area contributed by atoms with E-state index >= 15 is 0 Å². The second-order valence-corrected chi connectivity index (χ2v) is 5.92. The van der Waals surface area contributed by atoms with E-state index in [1.54, 1.807) is 0 Å². The van der Waals surface area contributed by atoms with Crippen LogP contribution in [0.5, 0.6) is 0 Å². The van der Waals surface area contributed by atoms with Gasteiger partial charge in [-0.25, -0.2) is 0 Å². The van der Waals surface area contributed by atoms with Gasteiger partial charge in [-0.05, 0) is 17.8 Å². The zero-order chi connectivity index (χ0) is 10.8. The van der Waals surface area contributed by atoms with Crippen LogP contribution in [0.25, 0.3) is 0 Å². The molecule has 2 fully saturated rings. The van der Waals surface area contributed by atoms with E-state index in [-0.39, 0.29) is 23.0 Å². The molecule has 0 aromatic heterocycles. The van der Waals surface area contributed by atoms with E-state index in [0.717, 1.165) is 12.8 Å². The van der Waals surface area contributed by atoms with Crippen molar-refractivity contribution in [3.63, 3.8) is 0 Å². The summed E-state index contributed by atoms with van der Waals surface area (Å²) in [6.45, 7) is 6.62. The highest BCUT2D eigenvalue weighted by Gasteiger charge is 2.65. The van der Waals surface area contributed by atoms with E-state index in [9.17, 15) is 4.79 Å². The first-order chi connectivity index (χ1) is 6.98. The second-order valence-electron chi connectivity index (χ2n) is 5.92. The minimum atomic E-state index is -0.285. The van der Waals surface area contributed by atoms with Crippen LogP contribution in [-0.4, -0.2) is 17.5 Å². The molecule has 1 saturated heterocycles. The molecule has 3 rings (SSSR count). The first-order valence-corrected chi connectivity index (χ1v) is 5.88. The highest BCUT2D eigenvalue weighted by Crippen LogP contribution is 2.59. The van der Waals surface area contributed by atoms with Crippen molar-refractivity contribution >= 4 is 5.78 Å². The summed E-state index contributed by atoms with van der Waals surface area (Å²) in [6.07, 6.45) is 6.18. The zero-order valence-electron chi connectivity index (χ0n) is 9.62. The number of ketones is 1. The fourth-order valence-corrected chi connectivity index (χ4v) is 3.71. The summed E-state index contributed by atoms with van der Waals surface area (Å²) in [6, 6.07) is 0. The van der Waals surface area contributed by atoms with Gasteiger partial charge in [0.2, 0.25) is 0 Å². The first-order valence-electron chi connectivity index (χ1n) is 5.88. The lowest BCUT2D eigenvalue weighted by Crippen LogP contribution is -2.54. The van der Waals surface area contributed by atoms with Crippen LogP contribution in [0, 0.1) is 17.3 Å². The summed E-state index contributed by atoms with van der Waals surface area (Å²) < 4.78 is 6.13. The Balaban J connectivity index is 2.13. The molecule has 2 aliphatic heterocycles. The van der Waals surface area contributed by atoms with Crippen molar-refractivity contribution in [1.29, 1.82) is 0 Å². The third-order valence-corrected chi connectivity index (χ3v) is 4.77. The van der Waals surface area contributed by atoms with Gasteiger partial charge >= 0.3 is 0 Å². The van der Waals surface area contributed by atoms with Crippen molar-refractivity contribution in [2.45, 2.75) is 45.3 Å². The van der Waals surface area contributed by atoms with Gasteiger partial charge in [0.15, 0.2) is 0 Å². The Kier molecular flexibility index (Phi) is 1.62. The summed E-state index contributed by atoms with van der Waals surface area (Å²) in [5, 5.41) is 0. The summed E-state index contributed by atoms with van der Waals surface area (Å²) >= 11 is 0. The van der Waals surface area contributed by atoms with Crippen molar-refractivity contribution in [1.82, 2.24) is 0 Å². The Bertz CT molecular complexity index is 356. The Morgan fingerprint density at radius 2 is 2.20 bits per heavy atom. The first kappa shape index (κ1) is 9.59. The Labute approximate surface area is 90.7 Å². The monoisotopic (exact) mass is 206 g/mol. The van der Waals surface area contributed by atoms with Crippen molar-refractivity contribution < 1.29 is 9.53 Å². The van der Waals surface area contributed by atoms with Crippen LogP contribution in [0.15, 0.2) is 12.2 Å². The molecule has 0 aromatic rings. The third-order valence-electron chi connectivity index (χ3n) is 4.77. The van der Waals surface area contributed by atoms with Crippen molar-refractivity contribution in [3.05, 3.63) is 12.2 Å². The molecule has 2 heteroatoms. The summed E-state index contributed by atoms with van der Waals surface area (Å²) in [5.74, 6) is 0.881. The highest BCUT2D eigenvalue weighted by molar-refractivity contribution is 5.85. The molecule has 3 aliphatic rings. The van der Waals surface area contributed by atoms with Crippen LogP contribution < -0.4 is 0 Å². The minimum Gasteiger partial charge on any atom is -0.362 e. The molecule has 1 aliphatic carbocycles. The van der Waals surface area contributed by atoms with Gasteiger partial charge in [-0.15, -0.1) is 0 Å². The zero-order valence-corrected chi connectivity index (χ0v) is 9.62. The quantitative estimate of drug-likeness (QED) is 0.569. The molecular formula is C13H18O2. The van der Waals surface area contributed by atoms with Gasteiger partial charge in [-0.1, -0.05) is 32.9 Å². The third kappa shape index (κ3) is 0.919. The molecule has 0 radical (unpaired) electrons. The molecule has 0 unspecified atom stereocenters. The van der Waals surface area contributed by atoms with Gasteiger partial charge in [0.1, 0.15) is 11.4 Å². The van der Waals surface area contributed by atoms with Crippen LogP contribution in [0.1, 0.15) is 33.6 Å². The second kappa shape index (κ2) is 2.54. The lowest BCUT2D eigenvalue weighted by atomic mass is 9.56. The van der Waals surface area contributed by atoms with Crippen LogP contribution in [0.2, 0.25) is 0 Å². The molecule has 0 N–H and O–H groups in total. The molecule has 1 spiro atoms. The number of carbonyl (C=O) groups excluding carboxylic acids is 1. The number of ether oxygens (including phenoxy) is 1. The van der Waals surface area contributed by atoms with E-state index in [1.165, 1.54) is 0 Å². The van der Waals surface area contributed by atoms with E-state index in [0.29, 0.717) is 11.7 Å². The van der Waals surface area contributed by atoms with Crippen LogP contribution >= 0.6 is 0 Å². The number of hydrogen-bond acceptors (Lipinski definition) is 2. The molecule has 4 atom stereocenters. The van der Waals surface area contributed by atoms with Crippen molar-refractivity contribution in [2.75, 3.05) is 0 Å². The maximum Gasteiger partial charge on any atom is 0.139 e. The van der Waals surface area contributed by atoms with E-state index in [1.807, 2.05) is 0 Å². The molecule has 2 heterocycles. The van der Waals surface area contributed by atoms with E-state index in [2.05, 4.69) is 32.9 Å². The van der Waals surface area contributed by atoms with Crippen molar-refractivity contribution in [3.8, 4) is 0 Å². The molecule has 1 saturated carbocycles. The van der Waals surface area contributed by atoms with E-state index in [4.69, 9.17) is 4.74 Å². The van der Waals surface area contributed by atoms with Gasteiger partial charge in [0.25, 0.3) is 0 Å². The van der Waals surface area contributed by atoms with Crippen LogP contribution in [0.4, 0.5) is 0 Å². The Morgan fingerprint density at radius 1 is 1.47 bits per heavy atom. The average Bonchev–Trinajstić information content (AvgIpc) is 2.70. The van der Waals surface area contributed by atoms with Gasteiger partial charge in [-0.2, -0.15) is 0 Å². The molecule has 0 aromatic carbocycles. The number of hydrogen-bond donors (Lipinski definition) is 0. The molecular weight excluding hydrogens is 188 g/mol. The standard InChI is InChI=1S/C13H18O2/c1-8-10-5-7-13(15-10)11(8)9(14)4-6-12(13,2)3/h5,7-8,10-11H,4,6H2,1-3H3/t8-,10+,11-,13-/m1/s1. The number of rotatable bonds is 0. The summed E-state index contributed by atoms with van der Waals surface area (Å²) in [7, 11) is 0. The molecule has 2 nitrogen and oxygen atoms in total. The largest absolute Gasteiger partial charge is 0.362 e. The molecule has 15 heavy (non-hydrogen) atoms.